The van der Waals surface area contributed by atoms with Gasteiger partial charge in [0.1, 0.15) is 13.2 Å². The number of nitrogens with one attached hydrogen (secondary N) is 1. The number of amides is 1. The molecule has 8 heteroatoms. The number of nitrogens with zero attached hydrogens (tertiary/aromatic N) is 3. The van der Waals surface area contributed by atoms with Crippen LogP contribution in [-0.2, 0) is 20.8 Å². The Morgan fingerprint density at radius 1 is 1.33 bits per heavy atom. The molecule has 8 nitrogen and oxygen atoms in total. The molecule has 0 saturated carbocycles. The number of rotatable bonds is 8. The SMILES string of the molecule is COCCOC(=O)c1nnn(CC(=O)NCC(C)C)c1C. The van der Waals surface area contributed by atoms with Crippen molar-refractivity contribution in [3.8, 4) is 0 Å². The van der Waals surface area contributed by atoms with Gasteiger partial charge in [0.15, 0.2) is 5.69 Å². The first-order chi connectivity index (χ1) is 9.95. The van der Waals surface area contributed by atoms with Gasteiger partial charge in [-0.25, -0.2) is 9.48 Å². The van der Waals surface area contributed by atoms with Gasteiger partial charge in [-0.1, -0.05) is 19.1 Å². The summed E-state index contributed by atoms with van der Waals surface area (Å²) in [6.45, 7) is 6.77. The van der Waals surface area contributed by atoms with Crippen LogP contribution in [0.3, 0.4) is 0 Å². The second-order valence-corrected chi connectivity index (χ2v) is 5.01. The van der Waals surface area contributed by atoms with E-state index in [1.54, 1.807) is 6.92 Å². The Labute approximate surface area is 123 Å². The van der Waals surface area contributed by atoms with E-state index in [1.165, 1.54) is 11.8 Å². The first kappa shape index (κ1) is 17.1. The van der Waals surface area contributed by atoms with Crippen LogP contribution in [0.4, 0.5) is 0 Å². The number of aromatic nitrogens is 3. The van der Waals surface area contributed by atoms with Gasteiger partial charge in [0, 0.05) is 13.7 Å². The molecule has 1 aromatic heterocycles. The number of ether oxygens (including phenoxy) is 2. The van der Waals surface area contributed by atoms with Gasteiger partial charge in [-0.3, -0.25) is 4.79 Å². The fraction of sp³-hybridized carbons (Fsp3) is 0.692. The van der Waals surface area contributed by atoms with Crippen molar-refractivity contribution in [2.45, 2.75) is 27.3 Å². The lowest BCUT2D eigenvalue weighted by Gasteiger charge is -2.08. The average molecular weight is 298 g/mol. The fourth-order valence-electron chi connectivity index (χ4n) is 1.50. The number of carbonyl (C=O) groups excluding carboxylic acids is 2. The normalized spacial score (nSPS) is 10.7. The fourth-order valence-corrected chi connectivity index (χ4v) is 1.50. The minimum atomic E-state index is -0.571. The molecular formula is C13H22N4O4. The molecule has 0 aromatic carbocycles. The van der Waals surface area contributed by atoms with Crippen LogP contribution in [-0.4, -0.2) is 53.7 Å². The van der Waals surface area contributed by atoms with Crippen LogP contribution in [0.5, 0.6) is 0 Å². The van der Waals surface area contributed by atoms with Crippen molar-refractivity contribution in [2.75, 3.05) is 26.9 Å². The zero-order chi connectivity index (χ0) is 15.8. The van der Waals surface area contributed by atoms with Crippen LogP contribution in [0.2, 0.25) is 0 Å². The van der Waals surface area contributed by atoms with Crippen molar-refractivity contribution in [3.05, 3.63) is 11.4 Å². The summed E-state index contributed by atoms with van der Waals surface area (Å²) in [4.78, 5) is 23.5. The monoisotopic (exact) mass is 298 g/mol. The van der Waals surface area contributed by atoms with Crippen LogP contribution in [0.1, 0.15) is 30.0 Å². The maximum absolute atomic E-state index is 11.8. The Kier molecular flexibility index (Phi) is 6.80. The molecule has 0 bridgehead atoms. The van der Waals surface area contributed by atoms with Gasteiger partial charge in [0.05, 0.1) is 12.3 Å². The largest absolute Gasteiger partial charge is 0.458 e. The number of carbonyl (C=O) groups is 2. The molecule has 1 heterocycles. The van der Waals surface area contributed by atoms with E-state index in [2.05, 4.69) is 15.6 Å². The predicted octanol–water partition coefficient (Wildman–Crippen LogP) is 0.162. The lowest BCUT2D eigenvalue weighted by atomic mass is 10.2. The predicted molar refractivity (Wildman–Crippen MR) is 74.8 cm³/mol. The van der Waals surface area contributed by atoms with Gasteiger partial charge in [0.25, 0.3) is 0 Å². The lowest BCUT2D eigenvalue weighted by molar-refractivity contribution is -0.122. The molecule has 0 radical (unpaired) electrons. The summed E-state index contributed by atoms with van der Waals surface area (Å²) in [5.74, 6) is -0.369. The van der Waals surface area contributed by atoms with Crippen molar-refractivity contribution in [3.63, 3.8) is 0 Å². The Morgan fingerprint density at radius 2 is 2.05 bits per heavy atom. The molecule has 21 heavy (non-hydrogen) atoms. The highest BCUT2D eigenvalue weighted by molar-refractivity contribution is 5.88. The molecule has 0 spiro atoms. The number of hydrogen-bond acceptors (Lipinski definition) is 6. The van der Waals surface area contributed by atoms with Crippen molar-refractivity contribution < 1.29 is 19.1 Å². The average Bonchev–Trinajstić information content (AvgIpc) is 2.78. The number of esters is 1. The molecule has 118 valence electrons. The minimum Gasteiger partial charge on any atom is -0.458 e. The van der Waals surface area contributed by atoms with E-state index in [0.717, 1.165) is 0 Å². The highest BCUT2D eigenvalue weighted by atomic mass is 16.6. The molecule has 1 amide bonds. The number of methoxy groups -OCH3 is 1. The third-order valence-corrected chi connectivity index (χ3v) is 2.70. The van der Waals surface area contributed by atoms with E-state index >= 15 is 0 Å². The zero-order valence-electron chi connectivity index (χ0n) is 12.9. The summed E-state index contributed by atoms with van der Waals surface area (Å²) in [5.41, 5.74) is 0.611. The summed E-state index contributed by atoms with van der Waals surface area (Å²) in [6.07, 6.45) is 0. The highest BCUT2D eigenvalue weighted by Gasteiger charge is 2.19. The molecule has 0 aliphatic rings. The van der Waals surface area contributed by atoms with Gasteiger partial charge in [0.2, 0.25) is 5.91 Å². The second-order valence-electron chi connectivity index (χ2n) is 5.01. The third kappa shape index (κ3) is 5.50. The van der Waals surface area contributed by atoms with Gasteiger partial charge in [-0.2, -0.15) is 0 Å². The maximum atomic E-state index is 11.8. The van der Waals surface area contributed by atoms with Crippen molar-refractivity contribution in [2.24, 2.45) is 5.92 Å². The van der Waals surface area contributed by atoms with Crippen LogP contribution in [0.15, 0.2) is 0 Å². The molecule has 0 aliphatic heterocycles. The van der Waals surface area contributed by atoms with Gasteiger partial charge >= 0.3 is 5.97 Å². The molecule has 1 aromatic rings. The zero-order valence-corrected chi connectivity index (χ0v) is 12.9. The van der Waals surface area contributed by atoms with Crippen molar-refractivity contribution in [1.82, 2.24) is 20.3 Å². The molecule has 0 aliphatic carbocycles. The molecule has 0 fully saturated rings. The first-order valence-electron chi connectivity index (χ1n) is 6.78. The van der Waals surface area contributed by atoms with E-state index in [-0.39, 0.29) is 24.8 Å². The topological polar surface area (TPSA) is 95.3 Å². The molecule has 0 saturated heterocycles. The molecule has 1 N–H and O–H groups in total. The molecule has 0 unspecified atom stereocenters. The highest BCUT2D eigenvalue weighted by Crippen LogP contribution is 2.05. The molecule has 1 rings (SSSR count). The Bertz CT molecular complexity index is 485. The first-order valence-corrected chi connectivity index (χ1v) is 6.78. The Balaban J connectivity index is 2.58. The number of hydrogen-bond donors (Lipinski definition) is 1. The van der Waals surface area contributed by atoms with Gasteiger partial charge in [-0.15, -0.1) is 5.10 Å². The summed E-state index contributed by atoms with van der Waals surface area (Å²) in [7, 11) is 1.52. The van der Waals surface area contributed by atoms with E-state index in [9.17, 15) is 9.59 Å². The standard InChI is InChI=1S/C13H22N4O4/c1-9(2)7-14-11(18)8-17-10(3)12(15-16-17)13(19)21-6-5-20-4/h9H,5-8H2,1-4H3,(H,14,18). The van der Waals surface area contributed by atoms with Gasteiger partial charge < -0.3 is 14.8 Å². The second kappa shape index (κ2) is 8.35. The molecule has 0 atom stereocenters. The van der Waals surface area contributed by atoms with Crippen LogP contribution < -0.4 is 5.32 Å². The lowest BCUT2D eigenvalue weighted by Crippen LogP contribution is -2.31. The van der Waals surface area contributed by atoms with Crippen LogP contribution in [0.25, 0.3) is 0 Å². The summed E-state index contributed by atoms with van der Waals surface area (Å²) >= 11 is 0. The van der Waals surface area contributed by atoms with E-state index in [0.29, 0.717) is 24.8 Å². The Hall–Kier alpha value is -1.96. The van der Waals surface area contributed by atoms with Crippen molar-refractivity contribution in [1.29, 1.82) is 0 Å². The summed E-state index contributed by atoms with van der Waals surface area (Å²) < 4.78 is 11.1. The van der Waals surface area contributed by atoms with E-state index in [4.69, 9.17) is 9.47 Å². The van der Waals surface area contributed by atoms with Crippen LogP contribution in [0, 0.1) is 12.8 Å². The van der Waals surface area contributed by atoms with Crippen LogP contribution >= 0.6 is 0 Å². The summed E-state index contributed by atoms with van der Waals surface area (Å²) in [5, 5.41) is 10.3. The third-order valence-electron chi connectivity index (χ3n) is 2.70. The smallest absolute Gasteiger partial charge is 0.360 e. The summed E-state index contributed by atoms with van der Waals surface area (Å²) in [6, 6.07) is 0. The van der Waals surface area contributed by atoms with Gasteiger partial charge in [-0.05, 0) is 12.8 Å². The quantitative estimate of drug-likeness (QED) is 0.542. The van der Waals surface area contributed by atoms with E-state index in [1.807, 2.05) is 13.8 Å². The van der Waals surface area contributed by atoms with Crippen molar-refractivity contribution >= 4 is 11.9 Å². The maximum Gasteiger partial charge on any atom is 0.360 e. The Morgan fingerprint density at radius 3 is 2.67 bits per heavy atom. The minimum absolute atomic E-state index is 0.0247. The molecular weight excluding hydrogens is 276 g/mol. The van der Waals surface area contributed by atoms with E-state index < -0.39 is 5.97 Å².